The Kier molecular flexibility index (Phi) is 5.64. The molecule has 2 N–H and O–H groups in total. The summed E-state index contributed by atoms with van der Waals surface area (Å²) in [6.07, 6.45) is 0.135. The second kappa shape index (κ2) is 7.95. The van der Waals surface area contributed by atoms with Gasteiger partial charge in [0.1, 0.15) is 5.75 Å². The van der Waals surface area contributed by atoms with Gasteiger partial charge in [-0.2, -0.15) is 0 Å². The molecular weight excluding hydrogens is 363 g/mol. The fourth-order valence-electron chi connectivity index (χ4n) is 3.18. The van der Waals surface area contributed by atoms with Crippen LogP contribution in [0.4, 0.5) is 0 Å². The predicted molar refractivity (Wildman–Crippen MR) is 105 cm³/mol. The third-order valence-electron chi connectivity index (χ3n) is 4.48. The molecule has 3 rings (SSSR count). The summed E-state index contributed by atoms with van der Waals surface area (Å²) in [7, 11) is -4.09. The van der Waals surface area contributed by atoms with E-state index in [4.69, 9.17) is 9.63 Å². The Morgan fingerprint density at radius 1 is 1.04 bits per heavy atom. The first-order chi connectivity index (χ1) is 12.9. The van der Waals surface area contributed by atoms with Crippen molar-refractivity contribution in [2.45, 2.75) is 25.4 Å². The molecule has 3 aromatic carbocycles. The van der Waals surface area contributed by atoms with Crippen LogP contribution in [0, 0.1) is 0 Å². The highest BCUT2D eigenvalue weighted by molar-refractivity contribution is 7.53. The second-order valence-electron chi connectivity index (χ2n) is 6.36. The fraction of sp³-hybridized carbons (Fsp3) is 0.190. The van der Waals surface area contributed by atoms with Gasteiger partial charge in [0, 0.05) is 5.56 Å². The van der Waals surface area contributed by atoms with E-state index in [1.54, 1.807) is 18.2 Å². The predicted octanol–water partition coefficient (Wildman–Crippen LogP) is 5.18. The summed E-state index contributed by atoms with van der Waals surface area (Å²) < 4.78 is 18.6. The number of aliphatic carboxylic acids is 1. The lowest BCUT2D eigenvalue weighted by molar-refractivity contribution is -0.136. The molecule has 0 aliphatic heterocycles. The molecule has 27 heavy (non-hydrogen) atoms. The molecule has 0 aliphatic carbocycles. The zero-order valence-corrected chi connectivity index (χ0v) is 15.8. The van der Waals surface area contributed by atoms with Crippen molar-refractivity contribution in [2.75, 3.05) is 0 Å². The van der Waals surface area contributed by atoms with Gasteiger partial charge in [-0.15, -0.1) is 0 Å². The van der Waals surface area contributed by atoms with Crippen LogP contribution in [0.1, 0.15) is 30.1 Å². The summed E-state index contributed by atoms with van der Waals surface area (Å²) in [6, 6.07) is 19.9. The van der Waals surface area contributed by atoms with Crippen LogP contribution in [-0.2, 0) is 15.8 Å². The summed E-state index contributed by atoms with van der Waals surface area (Å²) in [5.74, 6) is -0.898. The lowest BCUT2D eigenvalue weighted by Gasteiger charge is -2.23. The van der Waals surface area contributed by atoms with E-state index in [2.05, 4.69) is 0 Å². The molecule has 0 aromatic heterocycles. The molecule has 0 aliphatic rings. The average Bonchev–Trinajstić information content (AvgIpc) is 2.63. The summed E-state index contributed by atoms with van der Waals surface area (Å²) in [6.45, 7) is 1.83. The Morgan fingerprint density at radius 3 is 2.41 bits per heavy atom. The van der Waals surface area contributed by atoms with Gasteiger partial charge in [-0.3, -0.25) is 4.79 Å². The molecule has 0 saturated heterocycles. The van der Waals surface area contributed by atoms with E-state index in [1.165, 1.54) is 6.07 Å². The van der Waals surface area contributed by atoms with Gasteiger partial charge in [0.05, 0.1) is 12.1 Å². The highest BCUT2D eigenvalue weighted by Gasteiger charge is 2.34. The molecule has 0 bridgehead atoms. The first kappa shape index (κ1) is 19.2. The van der Waals surface area contributed by atoms with Gasteiger partial charge in [-0.1, -0.05) is 67.6 Å². The van der Waals surface area contributed by atoms with E-state index in [1.807, 2.05) is 49.4 Å². The number of hydrogen-bond acceptors (Lipinski definition) is 3. The number of carboxylic acids is 1. The van der Waals surface area contributed by atoms with Crippen LogP contribution in [0.2, 0.25) is 0 Å². The van der Waals surface area contributed by atoms with Crippen molar-refractivity contribution in [1.82, 2.24) is 0 Å². The number of rotatable bonds is 7. The molecule has 6 heteroatoms. The molecule has 2 atom stereocenters. The highest BCUT2D eigenvalue weighted by Crippen LogP contribution is 2.58. The highest BCUT2D eigenvalue weighted by atomic mass is 31.2. The molecular formula is C21H21O5P. The van der Waals surface area contributed by atoms with E-state index in [9.17, 15) is 14.3 Å². The normalized spacial score (nSPS) is 14.4. The number of carboxylic acid groups (broad SMARTS) is 1. The summed E-state index contributed by atoms with van der Waals surface area (Å²) in [4.78, 5) is 21.7. The van der Waals surface area contributed by atoms with E-state index < -0.39 is 19.2 Å². The van der Waals surface area contributed by atoms with E-state index in [0.717, 1.165) is 16.3 Å². The van der Waals surface area contributed by atoms with Crippen LogP contribution in [0.5, 0.6) is 5.75 Å². The Hall–Kier alpha value is -2.62. The van der Waals surface area contributed by atoms with Crippen LogP contribution in [0.15, 0.2) is 66.7 Å². The van der Waals surface area contributed by atoms with Gasteiger partial charge in [-0.05, 0) is 28.8 Å². The summed E-state index contributed by atoms with van der Waals surface area (Å²) in [5.41, 5.74) is 0.380. The maximum Gasteiger partial charge on any atom is 0.384 e. The van der Waals surface area contributed by atoms with Crippen LogP contribution in [0.25, 0.3) is 10.8 Å². The maximum atomic E-state index is 13.1. The SMILES string of the molecule is CCC(c1ccc2ccccc2c1)P(=O)(O)Oc1ccccc1CC(=O)O. The topological polar surface area (TPSA) is 83.8 Å². The van der Waals surface area contributed by atoms with Gasteiger partial charge >= 0.3 is 13.6 Å². The van der Waals surface area contributed by atoms with Crippen molar-refractivity contribution in [2.24, 2.45) is 0 Å². The van der Waals surface area contributed by atoms with E-state index in [-0.39, 0.29) is 12.2 Å². The third kappa shape index (κ3) is 4.38. The van der Waals surface area contributed by atoms with Crippen LogP contribution in [-0.4, -0.2) is 16.0 Å². The van der Waals surface area contributed by atoms with Crippen molar-refractivity contribution in [1.29, 1.82) is 0 Å². The number of hydrogen-bond donors (Lipinski definition) is 2. The van der Waals surface area contributed by atoms with Crippen molar-refractivity contribution in [3.8, 4) is 5.75 Å². The molecule has 0 saturated carbocycles. The zero-order chi connectivity index (χ0) is 19.4. The summed E-state index contributed by atoms with van der Waals surface area (Å²) >= 11 is 0. The van der Waals surface area contributed by atoms with Gasteiger partial charge in [0.15, 0.2) is 0 Å². The van der Waals surface area contributed by atoms with Gasteiger partial charge in [-0.25, -0.2) is 4.57 Å². The lowest BCUT2D eigenvalue weighted by Crippen LogP contribution is -2.07. The monoisotopic (exact) mass is 384 g/mol. The number of benzene rings is 3. The second-order valence-corrected chi connectivity index (χ2v) is 8.30. The van der Waals surface area contributed by atoms with E-state index in [0.29, 0.717) is 12.0 Å². The molecule has 0 heterocycles. The molecule has 140 valence electrons. The fourth-order valence-corrected chi connectivity index (χ4v) is 4.76. The Balaban J connectivity index is 1.94. The molecule has 3 aromatic rings. The Bertz CT molecular complexity index is 1010. The lowest BCUT2D eigenvalue weighted by atomic mass is 10.0. The largest absolute Gasteiger partial charge is 0.481 e. The Morgan fingerprint density at radius 2 is 1.70 bits per heavy atom. The first-order valence-electron chi connectivity index (χ1n) is 8.71. The van der Waals surface area contributed by atoms with Crippen molar-refractivity contribution in [3.63, 3.8) is 0 Å². The van der Waals surface area contributed by atoms with Crippen LogP contribution >= 0.6 is 7.60 Å². The minimum Gasteiger partial charge on any atom is -0.481 e. The van der Waals surface area contributed by atoms with Gasteiger partial charge in [0.25, 0.3) is 0 Å². The molecule has 0 amide bonds. The molecule has 0 fully saturated rings. The summed E-state index contributed by atoms with van der Waals surface area (Å²) in [5, 5.41) is 11.1. The minimum atomic E-state index is -4.09. The minimum absolute atomic E-state index is 0.130. The quantitative estimate of drug-likeness (QED) is 0.548. The number of fused-ring (bicyclic) bond motifs is 1. The third-order valence-corrected chi connectivity index (χ3v) is 6.39. The standard InChI is InChI=1S/C21H21O5P/c1-2-20(18-12-11-15-7-3-4-8-16(15)13-18)27(24,25)26-19-10-6-5-9-17(19)14-21(22)23/h3-13,20H,2,14H2,1H3,(H,22,23)(H,24,25). The Labute approximate surface area is 157 Å². The van der Waals surface area contributed by atoms with Crippen LogP contribution < -0.4 is 4.52 Å². The van der Waals surface area contributed by atoms with Crippen molar-refractivity contribution >= 4 is 24.3 Å². The molecule has 0 spiro atoms. The molecule has 5 nitrogen and oxygen atoms in total. The van der Waals surface area contributed by atoms with Crippen LogP contribution in [0.3, 0.4) is 0 Å². The van der Waals surface area contributed by atoms with Gasteiger partial charge in [0.2, 0.25) is 0 Å². The molecule has 0 radical (unpaired) electrons. The first-order valence-corrected chi connectivity index (χ1v) is 10.4. The molecule has 2 unspecified atom stereocenters. The average molecular weight is 384 g/mol. The number of para-hydroxylation sites is 1. The van der Waals surface area contributed by atoms with Crippen molar-refractivity contribution < 1.29 is 23.9 Å². The van der Waals surface area contributed by atoms with Gasteiger partial charge < -0.3 is 14.5 Å². The zero-order valence-electron chi connectivity index (χ0n) is 14.9. The van der Waals surface area contributed by atoms with E-state index >= 15 is 0 Å². The number of carbonyl (C=O) groups is 1. The van der Waals surface area contributed by atoms with Crippen molar-refractivity contribution in [3.05, 3.63) is 77.9 Å². The smallest absolute Gasteiger partial charge is 0.384 e. The maximum absolute atomic E-state index is 13.1.